The van der Waals surface area contributed by atoms with Crippen LogP contribution in [0, 0.1) is 0 Å². The first-order valence-corrected chi connectivity index (χ1v) is 8.48. The number of para-hydroxylation sites is 1. The SMILES string of the molecule is Cn1ncc2c(C3CC3)cc(Nc3cnn(-c4ccccc4)c3)nc21. The van der Waals surface area contributed by atoms with Crippen LogP contribution < -0.4 is 5.32 Å². The molecule has 1 aliphatic carbocycles. The van der Waals surface area contributed by atoms with Crippen LogP contribution in [0.25, 0.3) is 16.7 Å². The molecule has 0 saturated heterocycles. The summed E-state index contributed by atoms with van der Waals surface area (Å²) in [4.78, 5) is 4.74. The second kappa shape index (κ2) is 5.44. The van der Waals surface area contributed by atoms with Crippen molar-refractivity contribution < 1.29 is 0 Å². The molecule has 3 heterocycles. The normalized spacial score (nSPS) is 14.1. The number of benzene rings is 1. The lowest BCUT2D eigenvalue weighted by Crippen LogP contribution is -1.98. The Hall–Kier alpha value is -3.15. The van der Waals surface area contributed by atoms with Gasteiger partial charge in [0.1, 0.15) is 5.82 Å². The molecule has 0 bridgehead atoms. The molecule has 0 amide bonds. The minimum absolute atomic E-state index is 0.641. The van der Waals surface area contributed by atoms with Gasteiger partial charge in [0.15, 0.2) is 5.65 Å². The Labute approximate surface area is 145 Å². The second-order valence-corrected chi connectivity index (χ2v) is 6.51. The van der Waals surface area contributed by atoms with Gasteiger partial charge in [0.2, 0.25) is 0 Å². The van der Waals surface area contributed by atoms with Crippen LogP contribution in [0.3, 0.4) is 0 Å². The average molecular weight is 330 g/mol. The summed E-state index contributed by atoms with van der Waals surface area (Å²) in [6, 6.07) is 12.2. The molecule has 4 aromatic rings. The van der Waals surface area contributed by atoms with Gasteiger partial charge in [-0.05, 0) is 42.5 Å². The van der Waals surface area contributed by atoms with Gasteiger partial charge in [-0.15, -0.1) is 0 Å². The third kappa shape index (κ3) is 2.55. The second-order valence-electron chi connectivity index (χ2n) is 6.51. The van der Waals surface area contributed by atoms with Crippen LogP contribution in [0.15, 0.2) is 55.0 Å². The number of hydrogen-bond acceptors (Lipinski definition) is 4. The molecule has 5 rings (SSSR count). The molecule has 0 aliphatic heterocycles. The summed E-state index contributed by atoms with van der Waals surface area (Å²) < 4.78 is 3.69. The average Bonchev–Trinajstić information content (AvgIpc) is 3.28. The Morgan fingerprint density at radius 1 is 1.08 bits per heavy atom. The van der Waals surface area contributed by atoms with Gasteiger partial charge in [-0.2, -0.15) is 10.2 Å². The highest BCUT2D eigenvalue weighted by Crippen LogP contribution is 2.43. The van der Waals surface area contributed by atoms with Crippen molar-refractivity contribution in [3.63, 3.8) is 0 Å². The number of aryl methyl sites for hydroxylation is 1. The van der Waals surface area contributed by atoms with Crippen LogP contribution in [-0.2, 0) is 7.05 Å². The van der Waals surface area contributed by atoms with E-state index in [1.165, 1.54) is 18.4 Å². The Kier molecular flexibility index (Phi) is 3.09. The van der Waals surface area contributed by atoms with Crippen LogP contribution in [0.4, 0.5) is 11.5 Å². The van der Waals surface area contributed by atoms with E-state index in [2.05, 4.69) is 21.6 Å². The molecule has 3 aromatic heterocycles. The van der Waals surface area contributed by atoms with E-state index >= 15 is 0 Å². The molecule has 6 heteroatoms. The van der Waals surface area contributed by atoms with Gasteiger partial charge in [-0.25, -0.2) is 9.67 Å². The maximum atomic E-state index is 4.74. The van der Waals surface area contributed by atoms with Crippen molar-refractivity contribution in [2.45, 2.75) is 18.8 Å². The number of nitrogens with one attached hydrogen (secondary N) is 1. The number of rotatable bonds is 4. The van der Waals surface area contributed by atoms with Crippen molar-refractivity contribution in [2.75, 3.05) is 5.32 Å². The number of hydrogen-bond donors (Lipinski definition) is 1. The lowest BCUT2D eigenvalue weighted by Gasteiger charge is -2.07. The van der Waals surface area contributed by atoms with Gasteiger partial charge in [-0.3, -0.25) is 4.68 Å². The minimum atomic E-state index is 0.641. The van der Waals surface area contributed by atoms with Crippen molar-refractivity contribution in [3.8, 4) is 5.69 Å². The Morgan fingerprint density at radius 3 is 2.72 bits per heavy atom. The van der Waals surface area contributed by atoms with Gasteiger partial charge in [0.25, 0.3) is 0 Å². The quantitative estimate of drug-likeness (QED) is 0.619. The van der Waals surface area contributed by atoms with E-state index in [1.54, 1.807) is 0 Å². The first-order chi connectivity index (χ1) is 12.3. The molecule has 0 spiro atoms. The van der Waals surface area contributed by atoms with Crippen molar-refractivity contribution in [1.29, 1.82) is 0 Å². The Bertz CT molecular complexity index is 1040. The molecule has 1 aliphatic rings. The van der Waals surface area contributed by atoms with Gasteiger partial charge in [-0.1, -0.05) is 18.2 Å². The molecule has 1 saturated carbocycles. The van der Waals surface area contributed by atoms with Crippen LogP contribution >= 0.6 is 0 Å². The van der Waals surface area contributed by atoms with E-state index in [0.29, 0.717) is 5.92 Å². The zero-order valence-electron chi connectivity index (χ0n) is 13.9. The van der Waals surface area contributed by atoms with Gasteiger partial charge in [0.05, 0.1) is 30.0 Å². The summed E-state index contributed by atoms with van der Waals surface area (Å²) in [5.41, 5.74) is 4.21. The number of pyridine rings is 1. The molecule has 6 nitrogen and oxygen atoms in total. The molecular formula is C19H18N6. The van der Waals surface area contributed by atoms with E-state index < -0.39 is 0 Å². The van der Waals surface area contributed by atoms with Crippen LogP contribution in [-0.4, -0.2) is 24.5 Å². The summed E-state index contributed by atoms with van der Waals surface area (Å²) in [6.45, 7) is 0. The van der Waals surface area contributed by atoms with Crippen LogP contribution in [0.2, 0.25) is 0 Å². The third-order valence-corrected chi connectivity index (χ3v) is 4.63. The number of fused-ring (bicyclic) bond motifs is 1. The first-order valence-electron chi connectivity index (χ1n) is 8.48. The predicted molar refractivity (Wildman–Crippen MR) is 97.3 cm³/mol. The zero-order chi connectivity index (χ0) is 16.8. The van der Waals surface area contributed by atoms with Gasteiger partial charge >= 0.3 is 0 Å². The highest BCUT2D eigenvalue weighted by atomic mass is 15.3. The molecule has 0 atom stereocenters. The zero-order valence-corrected chi connectivity index (χ0v) is 13.9. The number of nitrogens with zero attached hydrogens (tertiary/aromatic N) is 5. The van der Waals surface area contributed by atoms with Gasteiger partial charge < -0.3 is 5.32 Å². The standard InChI is InChI=1S/C19H18N6/c1-24-19-17(11-20-24)16(13-7-8-13)9-18(23-19)22-14-10-21-25(12-14)15-5-3-2-4-6-15/h2-6,9-13H,7-8H2,1H3,(H,22,23). The molecule has 1 aromatic carbocycles. The maximum absolute atomic E-state index is 4.74. The molecule has 1 fully saturated rings. The summed E-state index contributed by atoms with van der Waals surface area (Å²) in [7, 11) is 1.93. The Balaban J connectivity index is 1.50. The van der Waals surface area contributed by atoms with E-state index in [0.717, 1.165) is 28.2 Å². The van der Waals surface area contributed by atoms with Crippen molar-refractivity contribution in [3.05, 3.63) is 60.6 Å². The van der Waals surface area contributed by atoms with Crippen molar-refractivity contribution in [2.24, 2.45) is 7.05 Å². The van der Waals surface area contributed by atoms with Crippen LogP contribution in [0.1, 0.15) is 24.3 Å². The summed E-state index contributed by atoms with van der Waals surface area (Å²) >= 11 is 0. The fourth-order valence-corrected chi connectivity index (χ4v) is 3.19. The lowest BCUT2D eigenvalue weighted by atomic mass is 10.1. The molecule has 25 heavy (non-hydrogen) atoms. The van der Waals surface area contributed by atoms with E-state index in [4.69, 9.17) is 4.98 Å². The minimum Gasteiger partial charge on any atom is -0.338 e. The molecule has 0 unspecified atom stereocenters. The lowest BCUT2D eigenvalue weighted by molar-refractivity contribution is 0.786. The largest absolute Gasteiger partial charge is 0.338 e. The highest BCUT2D eigenvalue weighted by molar-refractivity contribution is 5.82. The third-order valence-electron chi connectivity index (χ3n) is 4.63. The highest BCUT2D eigenvalue weighted by Gasteiger charge is 2.27. The molecule has 124 valence electrons. The van der Waals surface area contributed by atoms with E-state index in [1.807, 2.05) is 65.3 Å². The van der Waals surface area contributed by atoms with Crippen molar-refractivity contribution in [1.82, 2.24) is 24.5 Å². The van der Waals surface area contributed by atoms with E-state index in [-0.39, 0.29) is 0 Å². The first kappa shape index (κ1) is 14.2. The monoisotopic (exact) mass is 330 g/mol. The smallest absolute Gasteiger partial charge is 0.160 e. The molecule has 1 N–H and O–H groups in total. The fourth-order valence-electron chi connectivity index (χ4n) is 3.19. The predicted octanol–water partition coefficient (Wildman–Crippen LogP) is 3.78. The fraction of sp³-hybridized carbons (Fsp3) is 0.211. The molecular weight excluding hydrogens is 312 g/mol. The van der Waals surface area contributed by atoms with Crippen LogP contribution in [0.5, 0.6) is 0 Å². The van der Waals surface area contributed by atoms with E-state index in [9.17, 15) is 0 Å². The topological polar surface area (TPSA) is 60.6 Å². The summed E-state index contributed by atoms with van der Waals surface area (Å²) in [5, 5.41) is 13.4. The summed E-state index contributed by atoms with van der Waals surface area (Å²) in [6.07, 6.45) is 8.21. The Morgan fingerprint density at radius 2 is 1.92 bits per heavy atom. The number of aromatic nitrogens is 5. The number of anilines is 2. The summed E-state index contributed by atoms with van der Waals surface area (Å²) in [5.74, 6) is 1.48. The maximum Gasteiger partial charge on any atom is 0.160 e. The van der Waals surface area contributed by atoms with Crippen molar-refractivity contribution >= 4 is 22.5 Å². The molecule has 0 radical (unpaired) electrons. The van der Waals surface area contributed by atoms with Gasteiger partial charge in [0, 0.05) is 12.4 Å².